The molecule has 31 heavy (non-hydrogen) atoms. The number of para-hydroxylation sites is 2. The standard InChI is InChI=1S/C23H16N4O4/c24-12-17-20(16-8-4-5-9-18(16)27(29)30)21-19(28)11-10-14(22(21)31-23(17)25)13-26-15-6-2-1-3-7-15/h1-11,13,20,28H,25H2. The number of nitriles is 1. The topological polar surface area (TPSA) is 135 Å². The summed E-state index contributed by atoms with van der Waals surface area (Å²) in [6.07, 6.45) is 1.55. The van der Waals surface area contributed by atoms with Gasteiger partial charge in [0.05, 0.1) is 22.1 Å². The number of allylic oxidation sites excluding steroid dienone is 1. The van der Waals surface area contributed by atoms with Gasteiger partial charge in [0.1, 0.15) is 23.1 Å². The quantitative estimate of drug-likeness (QED) is 0.373. The predicted octanol–water partition coefficient (Wildman–Crippen LogP) is 4.27. The minimum atomic E-state index is -0.972. The van der Waals surface area contributed by atoms with Crippen molar-refractivity contribution in [3.63, 3.8) is 0 Å². The van der Waals surface area contributed by atoms with Crippen LogP contribution in [0.3, 0.4) is 0 Å². The summed E-state index contributed by atoms with van der Waals surface area (Å²) in [6.45, 7) is 0. The molecule has 1 aliphatic heterocycles. The zero-order chi connectivity index (χ0) is 22.0. The number of nitrogens with two attached hydrogens (primary N) is 1. The van der Waals surface area contributed by atoms with Crippen molar-refractivity contribution in [2.45, 2.75) is 5.92 Å². The summed E-state index contributed by atoms with van der Waals surface area (Å²) in [5.41, 5.74) is 7.46. The number of ether oxygens (including phenoxy) is 1. The summed E-state index contributed by atoms with van der Waals surface area (Å²) in [5, 5.41) is 32.0. The fraction of sp³-hybridized carbons (Fsp3) is 0.0435. The Morgan fingerprint density at radius 3 is 2.55 bits per heavy atom. The number of hydrogen-bond acceptors (Lipinski definition) is 7. The zero-order valence-electron chi connectivity index (χ0n) is 16.1. The average molecular weight is 412 g/mol. The van der Waals surface area contributed by atoms with Gasteiger partial charge in [0.25, 0.3) is 5.69 Å². The van der Waals surface area contributed by atoms with Gasteiger partial charge in [0.2, 0.25) is 5.88 Å². The molecule has 1 unspecified atom stereocenters. The SMILES string of the molecule is N#CC1=C(N)Oc2c(C=Nc3ccccc3)ccc(O)c2C1c1ccccc1[N+](=O)[O-]. The highest BCUT2D eigenvalue weighted by atomic mass is 16.6. The lowest BCUT2D eigenvalue weighted by atomic mass is 9.81. The van der Waals surface area contributed by atoms with Crippen molar-refractivity contribution >= 4 is 17.6 Å². The molecule has 0 aliphatic carbocycles. The van der Waals surface area contributed by atoms with Crippen molar-refractivity contribution in [1.82, 2.24) is 0 Å². The maximum absolute atomic E-state index is 11.6. The van der Waals surface area contributed by atoms with Crippen LogP contribution in [0, 0.1) is 21.4 Å². The van der Waals surface area contributed by atoms with Crippen LogP contribution in [-0.2, 0) is 0 Å². The molecule has 0 fully saturated rings. The summed E-state index contributed by atoms with van der Waals surface area (Å²) in [7, 11) is 0. The van der Waals surface area contributed by atoms with E-state index in [1.54, 1.807) is 18.3 Å². The zero-order valence-corrected chi connectivity index (χ0v) is 16.1. The lowest BCUT2D eigenvalue weighted by Gasteiger charge is -2.27. The molecule has 0 saturated heterocycles. The average Bonchev–Trinajstić information content (AvgIpc) is 2.78. The molecule has 1 atom stereocenters. The molecule has 0 spiro atoms. The largest absolute Gasteiger partial charge is 0.507 e. The Morgan fingerprint density at radius 2 is 1.84 bits per heavy atom. The second kappa shape index (κ2) is 8.00. The fourth-order valence-electron chi connectivity index (χ4n) is 3.54. The second-order valence-electron chi connectivity index (χ2n) is 6.75. The van der Waals surface area contributed by atoms with Crippen LogP contribution in [0.2, 0.25) is 0 Å². The van der Waals surface area contributed by atoms with E-state index in [0.29, 0.717) is 11.3 Å². The lowest BCUT2D eigenvalue weighted by Crippen LogP contribution is -2.22. The van der Waals surface area contributed by atoms with Crippen LogP contribution in [0.1, 0.15) is 22.6 Å². The molecule has 3 aromatic carbocycles. The Hall–Kier alpha value is -4.64. The maximum atomic E-state index is 11.6. The Balaban J connectivity index is 1.93. The number of nitro benzene ring substituents is 1. The van der Waals surface area contributed by atoms with Crippen molar-refractivity contribution in [3.8, 4) is 17.6 Å². The molecular formula is C23H16N4O4. The van der Waals surface area contributed by atoms with Crippen LogP contribution in [0.4, 0.5) is 11.4 Å². The predicted molar refractivity (Wildman–Crippen MR) is 114 cm³/mol. The highest BCUT2D eigenvalue weighted by Gasteiger charge is 2.37. The Bertz CT molecular complexity index is 1280. The van der Waals surface area contributed by atoms with Gasteiger partial charge in [-0.2, -0.15) is 5.26 Å². The minimum Gasteiger partial charge on any atom is -0.507 e. The van der Waals surface area contributed by atoms with Crippen LogP contribution >= 0.6 is 0 Å². The molecule has 1 heterocycles. The second-order valence-corrected chi connectivity index (χ2v) is 6.75. The van der Waals surface area contributed by atoms with Crippen molar-refractivity contribution in [2.75, 3.05) is 0 Å². The molecule has 152 valence electrons. The Morgan fingerprint density at radius 1 is 1.13 bits per heavy atom. The first-order valence-electron chi connectivity index (χ1n) is 9.27. The first-order chi connectivity index (χ1) is 15.0. The lowest BCUT2D eigenvalue weighted by molar-refractivity contribution is -0.385. The van der Waals surface area contributed by atoms with Crippen LogP contribution < -0.4 is 10.5 Å². The summed E-state index contributed by atoms with van der Waals surface area (Å²) in [4.78, 5) is 15.5. The first kappa shape index (κ1) is 19.7. The molecule has 8 nitrogen and oxygen atoms in total. The Kier molecular flexibility index (Phi) is 5.08. The molecule has 0 aromatic heterocycles. The molecule has 0 saturated carbocycles. The van der Waals surface area contributed by atoms with Crippen LogP contribution in [0.25, 0.3) is 0 Å². The highest BCUT2D eigenvalue weighted by Crippen LogP contribution is 2.49. The number of phenolic OH excluding ortho intramolecular Hbond substituents is 1. The van der Waals surface area contributed by atoms with Crippen LogP contribution in [-0.4, -0.2) is 16.2 Å². The fourth-order valence-corrected chi connectivity index (χ4v) is 3.54. The third-order valence-corrected chi connectivity index (χ3v) is 4.93. The molecule has 3 N–H and O–H groups in total. The minimum absolute atomic E-state index is 0.0192. The Labute approximate surface area is 177 Å². The van der Waals surface area contributed by atoms with Crippen LogP contribution in [0.15, 0.2) is 83.2 Å². The molecular weight excluding hydrogens is 396 g/mol. The smallest absolute Gasteiger partial charge is 0.273 e. The van der Waals surface area contributed by atoms with Gasteiger partial charge in [-0.15, -0.1) is 0 Å². The number of rotatable bonds is 4. The summed E-state index contributed by atoms with van der Waals surface area (Å²) in [6, 6.07) is 20.3. The monoisotopic (exact) mass is 412 g/mol. The van der Waals surface area contributed by atoms with E-state index < -0.39 is 10.8 Å². The van der Waals surface area contributed by atoms with Gasteiger partial charge in [-0.05, 0) is 24.3 Å². The highest BCUT2D eigenvalue weighted by molar-refractivity contribution is 5.88. The molecule has 3 aromatic rings. The van der Waals surface area contributed by atoms with Crippen molar-refractivity contribution in [3.05, 3.63) is 105 Å². The summed E-state index contributed by atoms with van der Waals surface area (Å²) < 4.78 is 5.70. The molecule has 4 rings (SSSR count). The van der Waals surface area contributed by atoms with Crippen molar-refractivity contribution in [2.24, 2.45) is 10.7 Å². The van der Waals surface area contributed by atoms with Gasteiger partial charge in [-0.25, -0.2) is 0 Å². The van der Waals surface area contributed by atoms with E-state index in [2.05, 4.69) is 4.99 Å². The number of aliphatic imine (C=N–C) groups is 1. The number of hydrogen-bond donors (Lipinski definition) is 2. The van der Waals surface area contributed by atoms with E-state index in [1.165, 1.54) is 24.3 Å². The van der Waals surface area contributed by atoms with E-state index in [1.807, 2.05) is 36.4 Å². The normalized spacial score (nSPS) is 15.3. The third kappa shape index (κ3) is 3.56. The van der Waals surface area contributed by atoms with E-state index in [9.17, 15) is 20.5 Å². The van der Waals surface area contributed by atoms with Gasteiger partial charge in [0.15, 0.2) is 0 Å². The van der Waals surface area contributed by atoms with Crippen LogP contribution in [0.5, 0.6) is 11.5 Å². The summed E-state index contributed by atoms with van der Waals surface area (Å²) >= 11 is 0. The molecule has 1 aliphatic rings. The number of benzene rings is 3. The van der Waals surface area contributed by atoms with Gasteiger partial charge >= 0.3 is 0 Å². The van der Waals surface area contributed by atoms with E-state index >= 15 is 0 Å². The maximum Gasteiger partial charge on any atom is 0.273 e. The number of fused-ring (bicyclic) bond motifs is 1. The number of aromatic hydroxyl groups is 1. The van der Waals surface area contributed by atoms with E-state index in [4.69, 9.17) is 10.5 Å². The van der Waals surface area contributed by atoms with Crippen molar-refractivity contribution in [1.29, 1.82) is 5.26 Å². The number of phenols is 1. The summed E-state index contributed by atoms with van der Waals surface area (Å²) in [5.74, 6) is -1.13. The number of nitrogens with zero attached hydrogens (tertiary/aromatic N) is 3. The third-order valence-electron chi connectivity index (χ3n) is 4.93. The van der Waals surface area contributed by atoms with Gasteiger partial charge in [0, 0.05) is 23.4 Å². The molecule has 0 radical (unpaired) electrons. The van der Waals surface area contributed by atoms with Gasteiger partial charge in [-0.3, -0.25) is 15.1 Å². The number of nitro groups is 1. The van der Waals surface area contributed by atoms with Crippen molar-refractivity contribution < 1.29 is 14.8 Å². The first-order valence-corrected chi connectivity index (χ1v) is 9.27. The molecule has 0 bridgehead atoms. The van der Waals surface area contributed by atoms with E-state index in [-0.39, 0.29) is 39.8 Å². The van der Waals surface area contributed by atoms with E-state index in [0.717, 1.165) is 0 Å². The molecule has 8 heteroatoms. The van der Waals surface area contributed by atoms with Gasteiger partial charge in [-0.1, -0.05) is 36.4 Å². The molecule has 0 amide bonds. The van der Waals surface area contributed by atoms with Gasteiger partial charge < -0.3 is 15.6 Å².